The van der Waals surface area contributed by atoms with Gasteiger partial charge in [-0.3, -0.25) is 9.59 Å². The molecule has 0 radical (unpaired) electrons. The van der Waals surface area contributed by atoms with E-state index in [0.717, 1.165) is 0 Å². The van der Waals surface area contributed by atoms with E-state index in [1.165, 1.54) is 0 Å². The van der Waals surface area contributed by atoms with E-state index in [9.17, 15) is 9.59 Å². The summed E-state index contributed by atoms with van der Waals surface area (Å²) in [6.45, 7) is 11.7. The highest BCUT2D eigenvalue weighted by molar-refractivity contribution is 5.81. The van der Waals surface area contributed by atoms with Crippen molar-refractivity contribution in [3.8, 4) is 0 Å². The summed E-state index contributed by atoms with van der Waals surface area (Å²) < 4.78 is 10.6. The maximum absolute atomic E-state index is 11.5. The smallest absolute Gasteiger partial charge is 0.225 e. The summed E-state index contributed by atoms with van der Waals surface area (Å²) in [6.07, 6.45) is 0.458. The number of ether oxygens (including phenoxy) is 2. The summed E-state index contributed by atoms with van der Waals surface area (Å²) in [7, 11) is 0. The molecule has 0 saturated carbocycles. The second-order valence-electron chi connectivity index (χ2n) is 6.10. The molecule has 0 heterocycles. The summed E-state index contributed by atoms with van der Waals surface area (Å²) in [5, 5.41) is 2.80. The van der Waals surface area contributed by atoms with Gasteiger partial charge in [0.1, 0.15) is 5.78 Å². The van der Waals surface area contributed by atoms with Crippen LogP contribution in [0.3, 0.4) is 0 Å². The number of carbonyl (C=O) groups is 2. The molecule has 0 unspecified atom stereocenters. The average Bonchev–Trinajstić information content (AvgIpc) is 2.34. The molecule has 0 fully saturated rings. The summed E-state index contributed by atoms with van der Waals surface area (Å²) in [4.78, 5) is 22.8. The van der Waals surface area contributed by atoms with Crippen LogP contribution in [0.15, 0.2) is 0 Å². The number of Topliss-reactive ketones (excluding diaryl/α,β-unsaturated/α-hetero) is 1. The van der Waals surface area contributed by atoms with E-state index in [1.807, 2.05) is 34.6 Å². The van der Waals surface area contributed by atoms with Crippen LogP contribution < -0.4 is 5.32 Å². The van der Waals surface area contributed by atoms with Crippen molar-refractivity contribution in [3.63, 3.8) is 0 Å². The third-order valence-corrected chi connectivity index (χ3v) is 2.72. The van der Waals surface area contributed by atoms with Gasteiger partial charge >= 0.3 is 0 Å². The van der Waals surface area contributed by atoms with E-state index in [1.54, 1.807) is 0 Å². The molecular weight excluding hydrogens is 258 g/mol. The fourth-order valence-corrected chi connectivity index (χ4v) is 1.29. The van der Waals surface area contributed by atoms with Crippen LogP contribution in [-0.4, -0.2) is 44.7 Å². The molecule has 0 aromatic heterocycles. The quantitative estimate of drug-likeness (QED) is 0.622. The van der Waals surface area contributed by atoms with Crippen molar-refractivity contribution in [1.29, 1.82) is 0 Å². The zero-order valence-electron chi connectivity index (χ0n) is 13.5. The molecule has 0 bridgehead atoms. The van der Waals surface area contributed by atoms with Crippen LogP contribution in [0.25, 0.3) is 0 Å². The Bertz CT molecular complexity index is 295. The first kappa shape index (κ1) is 19.1. The Hall–Kier alpha value is -0.940. The Morgan fingerprint density at radius 2 is 1.55 bits per heavy atom. The first-order chi connectivity index (χ1) is 9.25. The van der Waals surface area contributed by atoms with Gasteiger partial charge in [-0.1, -0.05) is 34.6 Å². The summed E-state index contributed by atoms with van der Waals surface area (Å²) in [5.74, 6) is 0.307. The zero-order valence-corrected chi connectivity index (χ0v) is 13.5. The van der Waals surface area contributed by atoms with Gasteiger partial charge in [0, 0.05) is 24.3 Å². The molecule has 5 heteroatoms. The van der Waals surface area contributed by atoms with Crippen LogP contribution >= 0.6 is 0 Å². The molecule has 5 nitrogen and oxygen atoms in total. The van der Waals surface area contributed by atoms with Gasteiger partial charge in [0.15, 0.2) is 0 Å². The number of amides is 1. The van der Waals surface area contributed by atoms with Crippen LogP contribution in [0.5, 0.6) is 0 Å². The van der Waals surface area contributed by atoms with Gasteiger partial charge in [-0.15, -0.1) is 0 Å². The minimum atomic E-state index is -0.369. The number of ketones is 1. The molecule has 118 valence electrons. The third kappa shape index (κ3) is 9.92. The van der Waals surface area contributed by atoms with Crippen molar-refractivity contribution in [2.45, 2.75) is 41.0 Å². The van der Waals surface area contributed by atoms with Gasteiger partial charge in [-0.05, 0) is 0 Å². The molecule has 0 aliphatic rings. The van der Waals surface area contributed by atoms with E-state index >= 15 is 0 Å². The second-order valence-corrected chi connectivity index (χ2v) is 6.10. The van der Waals surface area contributed by atoms with Gasteiger partial charge in [0.25, 0.3) is 0 Å². The van der Waals surface area contributed by atoms with E-state index < -0.39 is 0 Å². The van der Waals surface area contributed by atoms with Gasteiger partial charge in [-0.25, -0.2) is 0 Å². The monoisotopic (exact) mass is 287 g/mol. The van der Waals surface area contributed by atoms with E-state index in [4.69, 9.17) is 9.47 Å². The molecule has 0 aliphatic carbocycles. The lowest BCUT2D eigenvalue weighted by Gasteiger charge is -2.17. The van der Waals surface area contributed by atoms with E-state index in [2.05, 4.69) is 5.32 Å². The summed E-state index contributed by atoms with van der Waals surface area (Å²) in [6, 6.07) is 0. The Morgan fingerprint density at radius 1 is 1.00 bits per heavy atom. The van der Waals surface area contributed by atoms with Crippen LogP contribution in [0.1, 0.15) is 41.0 Å². The molecule has 0 aromatic rings. The fourth-order valence-electron chi connectivity index (χ4n) is 1.29. The van der Waals surface area contributed by atoms with Crippen LogP contribution in [0, 0.1) is 11.3 Å². The maximum Gasteiger partial charge on any atom is 0.225 e. The molecule has 1 N–H and O–H groups in total. The van der Waals surface area contributed by atoms with E-state index in [-0.39, 0.29) is 23.0 Å². The SMILES string of the molecule is CC(C)C(=O)CCOCCOCCNC(=O)C(C)(C)C. The molecule has 0 aromatic carbocycles. The Morgan fingerprint density at radius 3 is 2.05 bits per heavy atom. The molecule has 0 rings (SSSR count). The Balaban J connectivity index is 3.34. The fraction of sp³-hybridized carbons (Fsp3) is 0.867. The molecule has 20 heavy (non-hydrogen) atoms. The second kappa shape index (κ2) is 9.88. The van der Waals surface area contributed by atoms with Crippen LogP contribution in [-0.2, 0) is 19.1 Å². The zero-order chi connectivity index (χ0) is 15.6. The van der Waals surface area contributed by atoms with Gasteiger partial charge in [-0.2, -0.15) is 0 Å². The number of hydrogen-bond acceptors (Lipinski definition) is 4. The van der Waals surface area contributed by atoms with Crippen molar-refractivity contribution in [2.24, 2.45) is 11.3 Å². The average molecular weight is 287 g/mol. The normalized spacial score (nSPS) is 11.7. The predicted molar refractivity (Wildman–Crippen MR) is 78.6 cm³/mol. The highest BCUT2D eigenvalue weighted by Gasteiger charge is 2.20. The molecule has 0 spiro atoms. The predicted octanol–water partition coefficient (Wildman–Crippen LogP) is 1.80. The Kier molecular flexibility index (Phi) is 9.42. The highest BCUT2D eigenvalue weighted by atomic mass is 16.5. The van der Waals surface area contributed by atoms with Crippen molar-refractivity contribution in [3.05, 3.63) is 0 Å². The minimum absolute atomic E-state index is 0.0181. The summed E-state index contributed by atoms with van der Waals surface area (Å²) in [5.41, 5.74) is -0.369. The minimum Gasteiger partial charge on any atom is -0.379 e. The number of nitrogens with one attached hydrogen (secondary N) is 1. The van der Waals surface area contributed by atoms with Crippen LogP contribution in [0.2, 0.25) is 0 Å². The topological polar surface area (TPSA) is 64.6 Å². The van der Waals surface area contributed by atoms with Crippen molar-refractivity contribution in [1.82, 2.24) is 5.32 Å². The van der Waals surface area contributed by atoms with Crippen molar-refractivity contribution < 1.29 is 19.1 Å². The standard InChI is InChI=1S/C15H29NO4/c1-12(2)13(17)6-8-19-10-11-20-9-7-16-14(18)15(3,4)5/h12H,6-11H2,1-5H3,(H,16,18). The molecule has 0 aliphatic heterocycles. The van der Waals surface area contributed by atoms with Gasteiger partial charge < -0.3 is 14.8 Å². The van der Waals surface area contributed by atoms with Crippen molar-refractivity contribution >= 4 is 11.7 Å². The lowest BCUT2D eigenvalue weighted by atomic mass is 9.96. The summed E-state index contributed by atoms with van der Waals surface area (Å²) >= 11 is 0. The van der Waals surface area contributed by atoms with Gasteiger partial charge in [0.2, 0.25) is 5.91 Å². The lowest BCUT2D eigenvalue weighted by molar-refractivity contribution is -0.128. The first-order valence-corrected chi connectivity index (χ1v) is 7.21. The maximum atomic E-state index is 11.5. The molecule has 0 saturated heterocycles. The van der Waals surface area contributed by atoms with E-state index in [0.29, 0.717) is 39.4 Å². The van der Waals surface area contributed by atoms with Crippen LogP contribution in [0.4, 0.5) is 0 Å². The Labute approximate surface area is 122 Å². The largest absolute Gasteiger partial charge is 0.379 e. The van der Waals surface area contributed by atoms with Crippen molar-refractivity contribution in [2.75, 3.05) is 33.0 Å². The molecule has 1 amide bonds. The van der Waals surface area contributed by atoms with Gasteiger partial charge in [0.05, 0.1) is 26.4 Å². The molecule has 0 atom stereocenters. The molecular formula is C15H29NO4. The number of hydrogen-bond donors (Lipinski definition) is 1. The lowest BCUT2D eigenvalue weighted by Crippen LogP contribution is -2.36. The third-order valence-electron chi connectivity index (χ3n) is 2.72. The first-order valence-electron chi connectivity index (χ1n) is 7.21. The number of rotatable bonds is 10. The highest BCUT2D eigenvalue weighted by Crippen LogP contribution is 2.11. The number of carbonyl (C=O) groups excluding carboxylic acids is 2.